The predicted molar refractivity (Wildman–Crippen MR) is 57.9 cm³/mol. The highest BCUT2D eigenvalue weighted by Crippen LogP contribution is 2.31. The zero-order valence-corrected chi connectivity index (χ0v) is 8.90. The highest BCUT2D eigenvalue weighted by Gasteiger charge is 2.12. The standard InChI is InChI=1S/C11H9FO2S/c1-6-8(5-11(13)14)9-4-7(12)2-3-10(9)15-6/h2-4H,5H2,1H3,(H,13,14). The van der Waals surface area contributed by atoms with Crippen molar-refractivity contribution in [3.63, 3.8) is 0 Å². The lowest BCUT2D eigenvalue weighted by Crippen LogP contribution is -2.00. The SMILES string of the molecule is Cc1sc2ccc(F)cc2c1CC(=O)O. The van der Waals surface area contributed by atoms with Crippen molar-refractivity contribution in [2.75, 3.05) is 0 Å². The Hall–Kier alpha value is -1.42. The smallest absolute Gasteiger partial charge is 0.307 e. The van der Waals surface area contributed by atoms with Gasteiger partial charge in [0, 0.05) is 9.58 Å². The number of carbonyl (C=O) groups is 1. The Labute approximate surface area is 90.0 Å². The third-order valence-electron chi connectivity index (χ3n) is 2.28. The van der Waals surface area contributed by atoms with Gasteiger partial charge in [-0.25, -0.2) is 4.39 Å². The van der Waals surface area contributed by atoms with Gasteiger partial charge in [-0.1, -0.05) is 0 Å². The van der Waals surface area contributed by atoms with Crippen molar-refractivity contribution in [2.24, 2.45) is 0 Å². The Morgan fingerprint density at radius 3 is 2.93 bits per heavy atom. The Morgan fingerprint density at radius 2 is 2.27 bits per heavy atom. The second-order valence-corrected chi connectivity index (χ2v) is 4.60. The Bertz CT molecular complexity index is 531. The van der Waals surface area contributed by atoms with Gasteiger partial charge in [0.1, 0.15) is 5.82 Å². The van der Waals surface area contributed by atoms with Crippen LogP contribution in [0.1, 0.15) is 10.4 Å². The van der Waals surface area contributed by atoms with Crippen LogP contribution in [0.3, 0.4) is 0 Å². The normalized spacial score (nSPS) is 10.8. The van der Waals surface area contributed by atoms with E-state index < -0.39 is 5.97 Å². The average Bonchev–Trinajstić information content (AvgIpc) is 2.43. The molecule has 0 aliphatic carbocycles. The van der Waals surface area contributed by atoms with E-state index in [4.69, 9.17) is 5.11 Å². The van der Waals surface area contributed by atoms with E-state index in [1.807, 2.05) is 6.92 Å². The molecule has 0 aliphatic rings. The van der Waals surface area contributed by atoms with Crippen LogP contribution in [0.15, 0.2) is 18.2 Å². The predicted octanol–water partition coefficient (Wildman–Crippen LogP) is 2.98. The average molecular weight is 224 g/mol. The molecule has 78 valence electrons. The zero-order valence-electron chi connectivity index (χ0n) is 8.08. The van der Waals surface area contributed by atoms with Crippen LogP contribution in [0.4, 0.5) is 4.39 Å². The molecule has 1 heterocycles. The molecule has 0 amide bonds. The van der Waals surface area contributed by atoms with Crippen molar-refractivity contribution < 1.29 is 14.3 Å². The van der Waals surface area contributed by atoms with Gasteiger partial charge in [-0.3, -0.25) is 4.79 Å². The monoisotopic (exact) mass is 224 g/mol. The maximum atomic E-state index is 13.0. The first-order chi connectivity index (χ1) is 7.08. The molecule has 4 heteroatoms. The maximum Gasteiger partial charge on any atom is 0.307 e. The van der Waals surface area contributed by atoms with Gasteiger partial charge in [0.15, 0.2) is 0 Å². The highest BCUT2D eigenvalue weighted by atomic mass is 32.1. The molecule has 0 saturated heterocycles. The lowest BCUT2D eigenvalue weighted by Gasteiger charge is -1.96. The number of fused-ring (bicyclic) bond motifs is 1. The minimum Gasteiger partial charge on any atom is -0.481 e. The van der Waals surface area contributed by atoms with Crippen LogP contribution >= 0.6 is 11.3 Å². The van der Waals surface area contributed by atoms with Crippen molar-refractivity contribution in [3.8, 4) is 0 Å². The molecular formula is C11H9FO2S. The molecule has 1 aromatic carbocycles. The third kappa shape index (κ3) is 1.85. The molecule has 0 spiro atoms. The fraction of sp³-hybridized carbons (Fsp3) is 0.182. The molecule has 0 atom stereocenters. The number of aliphatic carboxylic acids is 1. The van der Waals surface area contributed by atoms with E-state index in [2.05, 4.69) is 0 Å². The molecule has 0 fully saturated rings. The Morgan fingerprint density at radius 1 is 1.53 bits per heavy atom. The van der Waals surface area contributed by atoms with E-state index in [0.29, 0.717) is 0 Å². The summed E-state index contributed by atoms with van der Waals surface area (Å²) in [4.78, 5) is 11.6. The fourth-order valence-corrected chi connectivity index (χ4v) is 2.68. The van der Waals surface area contributed by atoms with Gasteiger partial charge in [-0.2, -0.15) is 0 Å². The van der Waals surface area contributed by atoms with Crippen molar-refractivity contribution in [1.29, 1.82) is 0 Å². The molecule has 0 radical (unpaired) electrons. The second-order valence-electron chi connectivity index (χ2n) is 3.35. The lowest BCUT2D eigenvalue weighted by molar-refractivity contribution is -0.136. The second kappa shape index (κ2) is 3.62. The van der Waals surface area contributed by atoms with E-state index in [9.17, 15) is 9.18 Å². The van der Waals surface area contributed by atoms with Crippen LogP contribution in [0, 0.1) is 12.7 Å². The number of hydrogen-bond donors (Lipinski definition) is 1. The topological polar surface area (TPSA) is 37.3 Å². The van der Waals surface area contributed by atoms with Crippen LogP contribution in [-0.4, -0.2) is 11.1 Å². The van der Waals surface area contributed by atoms with Crippen molar-refractivity contribution in [1.82, 2.24) is 0 Å². The van der Waals surface area contributed by atoms with Crippen LogP contribution in [0.5, 0.6) is 0 Å². The highest BCUT2D eigenvalue weighted by molar-refractivity contribution is 7.19. The number of hydrogen-bond acceptors (Lipinski definition) is 2. The first kappa shape index (κ1) is 10.1. The van der Waals surface area contributed by atoms with E-state index in [1.54, 1.807) is 6.07 Å². The number of carboxylic acids is 1. The number of thiophene rings is 1. The van der Waals surface area contributed by atoms with Crippen LogP contribution in [-0.2, 0) is 11.2 Å². The minimum atomic E-state index is -0.887. The first-order valence-electron chi connectivity index (χ1n) is 4.47. The summed E-state index contributed by atoms with van der Waals surface area (Å²) < 4.78 is 14.0. The van der Waals surface area contributed by atoms with E-state index in [-0.39, 0.29) is 12.2 Å². The van der Waals surface area contributed by atoms with Gasteiger partial charge in [0.25, 0.3) is 0 Å². The van der Waals surface area contributed by atoms with Crippen molar-refractivity contribution in [3.05, 3.63) is 34.5 Å². The Balaban J connectivity index is 2.65. The third-order valence-corrected chi connectivity index (χ3v) is 3.41. The molecule has 15 heavy (non-hydrogen) atoms. The summed E-state index contributed by atoms with van der Waals surface area (Å²) in [7, 11) is 0. The van der Waals surface area contributed by atoms with Gasteiger partial charge in [-0.05, 0) is 36.1 Å². The van der Waals surface area contributed by atoms with E-state index in [0.717, 1.165) is 20.5 Å². The minimum absolute atomic E-state index is 0.0463. The molecule has 2 rings (SSSR count). The fourth-order valence-electron chi connectivity index (χ4n) is 1.61. The molecule has 1 aromatic heterocycles. The summed E-state index contributed by atoms with van der Waals surface area (Å²) in [5.74, 6) is -1.21. The van der Waals surface area contributed by atoms with Crippen LogP contribution in [0.25, 0.3) is 10.1 Å². The molecule has 0 saturated carbocycles. The molecule has 0 bridgehead atoms. The molecular weight excluding hydrogens is 215 g/mol. The largest absolute Gasteiger partial charge is 0.481 e. The van der Waals surface area contributed by atoms with Crippen LogP contribution < -0.4 is 0 Å². The van der Waals surface area contributed by atoms with Gasteiger partial charge in [0.2, 0.25) is 0 Å². The Kier molecular flexibility index (Phi) is 2.44. The van der Waals surface area contributed by atoms with Crippen LogP contribution in [0.2, 0.25) is 0 Å². The van der Waals surface area contributed by atoms with E-state index >= 15 is 0 Å². The molecule has 1 N–H and O–H groups in total. The van der Waals surface area contributed by atoms with Gasteiger partial charge in [0.05, 0.1) is 6.42 Å². The van der Waals surface area contributed by atoms with Gasteiger partial charge < -0.3 is 5.11 Å². The quantitative estimate of drug-likeness (QED) is 0.851. The molecule has 2 aromatic rings. The number of carboxylic acid groups (broad SMARTS) is 1. The summed E-state index contributed by atoms with van der Waals surface area (Å²) in [6.07, 6.45) is -0.0463. The first-order valence-corrected chi connectivity index (χ1v) is 5.29. The lowest BCUT2D eigenvalue weighted by atomic mass is 10.1. The summed E-state index contributed by atoms with van der Waals surface area (Å²) in [5, 5.41) is 9.47. The van der Waals surface area contributed by atoms with Crippen molar-refractivity contribution >= 4 is 27.4 Å². The summed E-state index contributed by atoms with van der Waals surface area (Å²) in [6, 6.07) is 4.48. The maximum absolute atomic E-state index is 13.0. The zero-order chi connectivity index (χ0) is 11.0. The number of aryl methyl sites for hydroxylation is 1. The summed E-state index contributed by atoms with van der Waals surface area (Å²) in [5.41, 5.74) is 0.724. The number of halogens is 1. The molecule has 0 aliphatic heterocycles. The number of benzene rings is 1. The number of rotatable bonds is 2. The van der Waals surface area contributed by atoms with Gasteiger partial charge in [-0.15, -0.1) is 11.3 Å². The van der Waals surface area contributed by atoms with E-state index in [1.165, 1.54) is 23.5 Å². The summed E-state index contributed by atoms with van der Waals surface area (Å²) >= 11 is 1.50. The molecule has 2 nitrogen and oxygen atoms in total. The molecule has 0 unspecified atom stereocenters. The summed E-state index contributed by atoms with van der Waals surface area (Å²) in [6.45, 7) is 1.86. The van der Waals surface area contributed by atoms with Gasteiger partial charge >= 0.3 is 5.97 Å². The van der Waals surface area contributed by atoms with Crippen molar-refractivity contribution in [2.45, 2.75) is 13.3 Å².